The van der Waals surface area contributed by atoms with Gasteiger partial charge in [-0.05, 0) is 192 Å². The Morgan fingerprint density at radius 2 is 0.529 bits per heavy atom. The van der Waals surface area contributed by atoms with E-state index in [9.17, 15) is 0 Å². The van der Waals surface area contributed by atoms with Gasteiger partial charge in [-0.15, -0.1) is 45.3 Å². The summed E-state index contributed by atoms with van der Waals surface area (Å²) in [7, 11) is 0. The first-order valence-electron chi connectivity index (χ1n) is 47.0. The molecule has 0 fully saturated rings. The number of hydrogen-bond donors (Lipinski definition) is 0. The van der Waals surface area contributed by atoms with Gasteiger partial charge in [-0.3, -0.25) is 0 Å². The molecular formula is C126H66N8O2S4. The van der Waals surface area contributed by atoms with Crippen molar-refractivity contribution in [2.45, 2.75) is 0 Å². The Labute approximate surface area is 810 Å². The van der Waals surface area contributed by atoms with Crippen LogP contribution in [0.1, 0.15) is 0 Å². The summed E-state index contributed by atoms with van der Waals surface area (Å²) < 4.78 is 29.1. The molecule has 10 nitrogen and oxygen atoms in total. The van der Waals surface area contributed by atoms with Gasteiger partial charge in [-0.1, -0.05) is 273 Å². The van der Waals surface area contributed by atoms with Crippen molar-refractivity contribution in [2.24, 2.45) is 0 Å². The van der Waals surface area contributed by atoms with Crippen molar-refractivity contribution in [1.29, 1.82) is 0 Å². The van der Waals surface area contributed by atoms with Crippen LogP contribution in [-0.4, -0.2) is 39.0 Å². The largest absolute Gasteiger partial charge is 0.455 e. The third-order valence-electron chi connectivity index (χ3n) is 29.3. The molecular weight excluding hydrogens is 1790 g/mol. The molecule has 0 saturated heterocycles. The van der Waals surface area contributed by atoms with Gasteiger partial charge in [-0.2, -0.15) is 0 Å². The van der Waals surface area contributed by atoms with Crippen molar-refractivity contribution in [3.05, 3.63) is 400 Å². The minimum Gasteiger partial charge on any atom is -0.455 e. The number of thiophene rings is 4. The number of fused-ring (bicyclic) bond motifs is 34. The van der Waals surface area contributed by atoms with E-state index in [1.165, 1.54) is 113 Å². The molecule has 22 aromatic carbocycles. The first-order chi connectivity index (χ1) is 69.3. The number of hydrogen-bond acceptors (Lipinski definition) is 12. The fraction of sp³-hybridized carbons (Fsp3) is 0. The molecule has 10 heterocycles. The maximum absolute atomic E-state index is 7.24. The average molecular weight is 1850 g/mol. The fourth-order valence-corrected chi connectivity index (χ4v) is 27.4. The smallest absolute Gasteiger partial charge is 0.167 e. The van der Waals surface area contributed by atoms with Crippen LogP contribution in [0, 0.1) is 0 Å². The van der Waals surface area contributed by atoms with Gasteiger partial charge in [0.1, 0.15) is 22.3 Å². The van der Waals surface area contributed by atoms with Crippen LogP contribution in [0.4, 0.5) is 0 Å². The number of furan rings is 2. The van der Waals surface area contributed by atoms with Crippen molar-refractivity contribution in [3.8, 4) is 90.8 Å². The van der Waals surface area contributed by atoms with Crippen molar-refractivity contribution >= 4 is 278 Å². The second-order valence-electron chi connectivity index (χ2n) is 37.0. The van der Waals surface area contributed by atoms with E-state index < -0.39 is 0 Å². The minimum absolute atomic E-state index is 0.522. The van der Waals surface area contributed by atoms with Crippen molar-refractivity contribution < 1.29 is 8.83 Å². The number of rotatable bonds is 9. The molecule has 0 unspecified atom stereocenters. The van der Waals surface area contributed by atoms with Crippen LogP contribution in [0.5, 0.6) is 0 Å². The van der Waals surface area contributed by atoms with Gasteiger partial charge in [0.05, 0.1) is 33.2 Å². The zero-order valence-electron chi connectivity index (χ0n) is 74.1. The standard InChI is InChI=1S/C126H66N8O2S4/c1-2-20-69-60-103-99(56-68(69)19-1)95-53-52-84-81(28-17-29-93(84)118(95)133(103)79-45-51-82-78(55-79)59-102(119-115(82)96-26-5-11-30-105(96)135-119)126-131-123(75-42-48-91-87-24-9-15-34-109(87)139-113(91)64-75)128-124(132-126)76-43-49-92-88-25-10-16-35-110(88)140-114(92)65-76)71-37-36-70-57-100-94-50-39-67-18-3-4-21-83(67)117(94)134(104(100)61-77(70)54-71)80-44-38-72-58-101(120-116(98(72)66-80)97-27-6-12-31-106(97)136-120)125-129-121(73-40-46-89-85-22-7-13-32-107(85)137-111(89)62-73)127-122(130-125)74-41-47-90-86-23-8-14-33-108(86)138-112(90)63-74/h1-66H. The quantitative estimate of drug-likeness (QED) is 0.140. The summed E-state index contributed by atoms with van der Waals surface area (Å²) >= 11 is 7.16. The maximum atomic E-state index is 7.24. The summed E-state index contributed by atoms with van der Waals surface area (Å²) in [5.74, 6) is 3.39. The Morgan fingerprint density at radius 3 is 1.06 bits per heavy atom. The van der Waals surface area contributed by atoms with Gasteiger partial charge in [-0.25, -0.2) is 29.9 Å². The van der Waals surface area contributed by atoms with Gasteiger partial charge in [0.25, 0.3) is 0 Å². The number of benzene rings is 22. The van der Waals surface area contributed by atoms with Crippen LogP contribution < -0.4 is 0 Å². The molecule has 14 heteroatoms. The lowest BCUT2D eigenvalue weighted by atomic mass is 9.94. The molecule has 646 valence electrons. The first kappa shape index (κ1) is 76.7. The maximum Gasteiger partial charge on any atom is 0.167 e. The van der Waals surface area contributed by atoms with E-state index in [0.717, 1.165) is 165 Å². The lowest BCUT2D eigenvalue weighted by Crippen LogP contribution is -2.01. The SMILES string of the molecule is c1ccc2cc3c(cc2c1)c1ccc2c(-c4ccc5cc6c7ccc8ccccc8c7n(-c7ccc8cc(-c9nc(-c%10ccc%11c(c%10)sc%10ccccc%10%11)nc(-c%10ccc%11c(c%10)sc%10ccccc%10%11)n9)c9oc%10ccccc%10c9c8c7)c6cc5c4)cccc2c1n3-c1ccc2c(c1)cc(-c1nc(-c3ccc4c(c3)sc3ccccc34)nc(-c3ccc4c(c3)sc3ccccc34)n1)c1oc3ccccc3c12. The molecule has 0 N–H and O–H groups in total. The Balaban J connectivity index is 0.562. The van der Waals surface area contributed by atoms with Gasteiger partial charge < -0.3 is 18.0 Å². The lowest BCUT2D eigenvalue weighted by molar-refractivity contribution is 0.669. The fourth-order valence-electron chi connectivity index (χ4n) is 22.8. The van der Waals surface area contributed by atoms with Crippen LogP contribution in [0.3, 0.4) is 0 Å². The molecule has 0 saturated carbocycles. The molecule has 0 bridgehead atoms. The van der Waals surface area contributed by atoms with Gasteiger partial charge in [0.15, 0.2) is 34.9 Å². The van der Waals surface area contributed by atoms with E-state index in [2.05, 4.69) is 403 Å². The van der Waals surface area contributed by atoms with Crippen LogP contribution >= 0.6 is 45.3 Å². The molecule has 0 atom stereocenters. The van der Waals surface area contributed by atoms with Crippen molar-refractivity contribution in [3.63, 3.8) is 0 Å². The van der Waals surface area contributed by atoms with Crippen LogP contribution in [0.15, 0.2) is 409 Å². The Hall–Kier alpha value is -17.5. The van der Waals surface area contributed by atoms with Crippen molar-refractivity contribution in [1.82, 2.24) is 39.0 Å². The predicted octanol–water partition coefficient (Wildman–Crippen LogP) is 36.1. The van der Waals surface area contributed by atoms with E-state index in [-0.39, 0.29) is 0 Å². The van der Waals surface area contributed by atoms with Gasteiger partial charge in [0, 0.05) is 168 Å². The molecule has 140 heavy (non-hydrogen) atoms. The van der Waals surface area contributed by atoms with E-state index in [1.807, 2.05) is 6.07 Å². The number of para-hydroxylation sites is 2. The van der Waals surface area contributed by atoms with E-state index in [1.54, 1.807) is 45.3 Å². The Morgan fingerprint density at radius 1 is 0.179 bits per heavy atom. The highest BCUT2D eigenvalue weighted by Gasteiger charge is 2.29. The zero-order chi connectivity index (χ0) is 91.0. The average Bonchev–Trinajstić information content (AvgIpc) is 1.56. The summed E-state index contributed by atoms with van der Waals surface area (Å²) in [6.07, 6.45) is 0. The zero-order valence-corrected chi connectivity index (χ0v) is 77.4. The van der Waals surface area contributed by atoms with Crippen LogP contribution in [-0.2, 0) is 0 Å². The highest BCUT2D eigenvalue weighted by molar-refractivity contribution is 7.27. The number of aromatic nitrogens is 8. The molecule has 32 rings (SSSR count). The lowest BCUT2D eigenvalue weighted by Gasteiger charge is -2.15. The molecule has 0 amide bonds. The Kier molecular flexibility index (Phi) is 15.9. The van der Waals surface area contributed by atoms with E-state index in [0.29, 0.717) is 46.1 Å². The minimum atomic E-state index is 0.522. The molecule has 0 aliphatic rings. The van der Waals surface area contributed by atoms with E-state index >= 15 is 0 Å². The first-order valence-corrected chi connectivity index (χ1v) is 50.3. The molecule has 0 spiro atoms. The van der Waals surface area contributed by atoms with Crippen LogP contribution in [0.25, 0.3) is 324 Å². The molecule has 0 aliphatic carbocycles. The van der Waals surface area contributed by atoms with Crippen LogP contribution in [0.2, 0.25) is 0 Å². The monoisotopic (exact) mass is 1850 g/mol. The highest BCUT2D eigenvalue weighted by atomic mass is 32.1. The number of nitrogens with zero attached hydrogens (tertiary/aromatic N) is 8. The molecule has 0 radical (unpaired) electrons. The van der Waals surface area contributed by atoms with Gasteiger partial charge >= 0.3 is 0 Å². The Bertz CT molecular complexity index is 10900. The molecule has 10 aromatic heterocycles. The third-order valence-corrected chi connectivity index (χ3v) is 33.8. The third kappa shape index (κ3) is 11.3. The summed E-state index contributed by atoms with van der Waals surface area (Å²) in [6.45, 7) is 0. The highest BCUT2D eigenvalue weighted by Crippen LogP contribution is 2.51. The predicted molar refractivity (Wildman–Crippen MR) is 591 cm³/mol. The van der Waals surface area contributed by atoms with E-state index in [4.69, 9.17) is 38.7 Å². The summed E-state index contributed by atoms with van der Waals surface area (Å²) in [5, 5.41) is 31.9. The summed E-state index contributed by atoms with van der Waals surface area (Å²) in [5.41, 5.74) is 17.0. The second kappa shape index (κ2) is 29.0. The normalized spacial score (nSPS) is 12.4. The molecule has 32 aromatic rings. The molecule has 0 aliphatic heterocycles. The summed E-state index contributed by atoms with van der Waals surface area (Å²) in [4.78, 5) is 33.0. The van der Waals surface area contributed by atoms with Gasteiger partial charge in [0.2, 0.25) is 0 Å². The van der Waals surface area contributed by atoms with Crippen molar-refractivity contribution in [2.75, 3.05) is 0 Å². The topological polar surface area (TPSA) is 113 Å². The second-order valence-corrected chi connectivity index (χ2v) is 41.3. The summed E-state index contributed by atoms with van der Waals surface area (Å²) in [6, 6.07) is 147.